The molecule has 0 aromatic rings. The second-order valence-electron chi connectivity index (χ2n) is 2.74. The molecular formula is C9H17NOS. The van der Waals surface area contributed by atoms with E-state index in [2.05, 4.69) is 6.58 Å². The fourth-order valence-electron chi connectivity index (χ4n) is 0.677. The Morgan fingerprint density at radius 1 is 1.67 bits per heavy atom. The van der Waals surface area contributed by atoms with Crippen LogP contribution in [0.4, 0.5) is 0 Å². The van der Waals surface area contributed by atoms with Crippen molar-refractivity contribution in [2.24, 2.45) is 0 Å². The quantitative estimate of drug-likeness (QED) is 0.663. The van der Waals surface area contributed by atoms with Gasteiger partial charge in [0.1, 0.15) is 0 Å². The largest absolute Gasteiger partial charge is 0.389 e. The Labute approximate surface area is 79.0 Å². The third-order valence-electron chi connectivity index (χ3n) is 1.17. The molecule has 0 aliphatic rings. The number of nitrogens with zero attached hydrogens (tertiary/aromatic N) is 1. The molecule has 3 heteroatoms. The average molecular weight is 187 g/mol. The first-order valence-corrected chi connectivity index (χ1v) is 4.87. The van der Waals surface area contributed by atoms with Crippen molar-refractivity contribution in [1.82, 2.24) is 4.90 Å². The molecule has 1 N–H and O–H groups in total. The summed E-state index contributed by atoms with van der Waals surface area (Å²) in [5.74, 6) is 0.872. The van der Waals surface area contributed by atoms with Gasteiger partial charge >= 0.3 is 0 Å². The smallest absolute Gasteiger partial charge is 0.0720 e. The van der Waals surface area contributed by atoms with Crippen LogP contribution in [-0.2, 0) is 0 Å². The SMILES string of the molecule is C=CCS/C(=C\C(C)O)N(C)C. The van der Waals surface area contributed by atoms with Crippen LogP contribution in [0.1, 0.15) is 6.92 Å². The fourth-order valence-corrected chi connectivity index (χ4v) is 1.52. The Kier molecular flexibility index (Phi) is 5.93. The predicted molar refractivity (Wildman–Crippen MR) is 56.1 cm³/mol. The van der Waals surface area contributed by atoms with Gasteiger partial charge in [-0.25, -0.2) is 0 Å². The van der Waals surface area contributed by atoms with Crippen molar-refractivity contribution in [3.05, 3.63) is 23.8 Å². The van der Waals surface area contributed by atoms with Gasteiger partial charge in [0.2, 0.25) is 0 Å². The molecule has 1 unspecified atom stereocenters. The lowest BCUT2D eigenvalue weighted by Gasteiger charge is -2.16. The number of aliphatic hydroxyl groups excluding tert-OH is 1. The second kappa shape index (κ2) is 6.14. The minimum absolute atomic E-state index is 0.389. The Bertz CT molecular complexity index is 164. The second-order valence-corrected chi connectivity index (χ2v) is 3.78. The maximum absolute atomic E-state index is 9.13. The number of hydrogen-bond donors (Lipinski definition) is 1. The summed E-state index contributed by atoms with van der Waals surface area (Å²) in [7, 11) is 3.93. The van der Waals surface area contributed by atoms with Gasteiger partial charge in [-0.3, -0.25) is 0 Å². The third kappa shape index (κ3) is 5.27. The molecule has 0 radical (unpaired) electrons. The zero-order chi connectivity index (χ0) is 9.56. The molecule has 0 amide bonds. The normalized spacial score (nSPS) is 14.2. The molecule has 0 aromatic carbocycles. The molecule has 0 saturated heterocycles. The number of hydrogen-bond acceptors (Lipinski definition) is 3. The first kappa shape index (κ1) is 11.6. The minimum Gasteiger partial charge on any atom is -0.389 e. The molecule has 0 fully saturated rings. The third-order valence-corrected chi connectivity index (χ3v) is 2.37. The first-order chi connectivity index (χ1) is 5.57. The number of rotatable bonds is 5. The van der Waals surface area contributed by atoms with Crippen molar-refractivity contribution in [3.63, 3.8) is 0 Å². The fraction of sp³-hybridized carbons (Fsp3) is 0.556. The molecule has 0 aliphatic heterocycles. The van der Waals surface area contributed by atoms with E-state index in [4.69, 9.17) is 5.11 Å². The lowest BCUT2D eigenvalue weighted by atomic mass is 10.4. The molecule has 0 spiro atoms. The molecule has 0 aliphatic carbocycles. The van der Waals surface area contributed by atoms with Crippen molar-refractivity contribution in [2.75, 3.05) is 19.8 Å². The van der Waals surface area contributed by atoms with E-state index in [0.717, 1.165) is 10.8 Å². The van der Waals surface area contributed by atoms with Crippen LogP contribution in [0.2, 0.25) is 0 Å². The van der Waals surface area contributed by atoms with Gasteiger partial charge in [0.15, 0.2) is 0 Å². The van der Waals surface area contributed by atoms with E-state index in [1.165, 1.54) is 0 Å². The van der Waals surface area contributed by atoms with Crippen LogP contribution in [0.3, 0.4) is 0 Å². The minimum atomic E-state index is -0.389. The molecule has 12 heavy (non-hydrogen) atoms. The van der Waals surface area contributed by atoms with Crippen LogP contribution in [0.25, 0.3) is 0 Å². The molecule has 1 atom stereocenters. The van der Waals surface area contributed by atoms with Gasteiger partial charge in [-0.05, 0) is 13.0 Å². The van der Waals surface area contributed by atoms with E-state index in [-0.39, 0.29) is 6.10 Å². The highest BCUT2D eigenvalue weighted by Gasteiger charge is 2.00. The van der Waals surface area contributed by atoms with E-state index in [9.17, 15) is 0 Å². The van der Waals surface area contributed by atoms with Gasteiger partial charge < -0.3 is 10.0 Å². The Balaban J connectivity index is 4.12. The molecule has 0 bridgehead atoms. The van der Waals surface area contributed by atoms with Crippen molar-refractivity contribution >= 4 is 11.8 Å². The number of aliphatic hydroxyl groups is 1. The Morgan fingerprint density at radius 2 is 2.25 bits per heavy atom. The van der Waals surface area contributed by atoms with Crippen molar-refractivity contribution < 1.29 is 5.11 Å². The van der Waals surface area contributed by atoms with Gasteiger partial charge in [0.25, 0.3) is 0 Å². The van der Waals surface area contributed by atoms with Gasteiger partial charge in [-0.15, -0.1) is 18.3 Å². The Hall–Kier alpha value is -0.410. The van der Waals surface area contributed by atoms with Crippen LogP contribution in [0.15, 0.2) is 23.8 Å². The van der Waals surface area contributed by atoms with Crippen LogP contribution in [0, 0.1) is 0 Å². The van der Waals surface area contributed by atoms with Crippen molar-refractivity contribution in [2.45, 2.75) is 13.0 Å². The average Bonchev–Trinajstić information content (AvgIpc) is 1.96. The van der Waals surface area contributed by atoms with Crippen molar-refractivity contribution in [3.8, 4) is 0 Å². The molecule has 0 saturated carbocycles. The van der Waals surface area contributed by atoms with Gasteiger partial charge in [-0.1, -0.05) is 6.08 Å². The summed E-state index contributed by atoms with van der Waals surface area (Å²) in [4.78, 5) is 1.99. The van der Waals surface area contributed by atoms with E-state index >= 15 is 0 Å². The summed E-state index contributed by atoms with van der Waals surface area (Å²) < 4.78 is 0. The topological polar surface area (TPSA) is 23.5 Å². The molecule has 0 heterocycles. The van der Waals surface area contributed by atoms with Crippen molar-refractivity contribution in [1.29, 1.82) is 0 Å². The highest BCUT2D eigenvalue weighted by atomic mass is 32.2. The first-order valence-electron chi connectivity index (χ1n) is 3.88. The lowest BCUT2D eigenvalue weighted by Crippen LogP contribution is -2.11. The summed E-state index contributed by atoms with van der Waals surface area (Å²) in [6.07, 6.45) is 3.29. The number of thioether (sulfide) groups is 1. The van der Waals surface area contributed by atoms with Crippen LogP contribution < -0.4 is 0 Å². The van der Waals surface area contributed by atoms with Gasteiger partial charge in [0.05, 0.1) is 11.1 Å². The maximum atomic E-state index is 9.13. The van der Waals surface area contributed by atoms with E-state index in [1.807, 2.05) is 31.1 Å². The molecule has 0 aromatic heterocycles. The van der Waals surface area contributed by atoms with Crippen LogP contribution >= 0.6 is 11.8 Å². The Morgan fingerprint density at radius 3 is 2.58 bits per heavy atom. The highest BCUT2D eigenvalue weighted by molar-refractivity contribution is 8.03. The summed E-state index contributed by atoms with van der Waals surface area (Å²) >= 11 is 1.67. The maximum Gasteiger partial charge on any atom is 0.0720 e. The summed E-state index contributed by atoms with van der Waals surface area (Å²) in [6.45, 7) is 5.39. The summed E-state index contributed by atoms with van der Waals surface area (Å²) in [6, 6.07) is 0. The zero-order valence-electron chi connectivity index (χ0n) is 7.95. The van der Waals surface area contributed by atoms with Crippen LogP contribution in [0.5, 0.6) is 0 Å². The van der Waals surface area contributed by atoms with Gasteiger partial charge in [0, 0.05) is 19.8 Å². The van der Waals surface area contributed by atoms with E-state index in [0.29, 0.717) is 0 Å². The van der Waals surface area contributed by atoms with E-state index < -0.39 is 0 Å². The highest BCUT2D eigenvalue weighted by Crippen LogP contribution is 2.18. The standard InChI is InChI=1S/C9H17NOS/c1-5-6-12-9(10(3)4)7-8(2)11/h5,7-8,11H,1,6H2,2-4H3/b9-7-. The lowest BCUT2D eigenvalue weighted by molar-refractivity contribution is 0.242. The summed E-state index contributed by atoms with van der Waals surface area (Å²) in [5.41, 5.74) is 0. The zero-order valence-corrected chi connectivity index (χ0v) is 8.77. The molecular weight excluding hydrogens is 170 g/mol. The van der Waals surface area contributed by atoms with Gasteiger partial charge in [-0.2, -0.15) is 0 Å². The monoisotopic (exact) mass is 187 g/mol. The molecule has 70 valence electrons. The van der Waals surface area contributed by atoms with Crippen LogP contribution in [-0.4, -0.2) is 36.0 Å². The predicted octanol–water partition coefficient (Wildman–Crippen LogP) is 1.69. The van der Waals surface area contributed by atoms with E-state index in [1.54, 1.807) is 18.7 Å². The summed E-state index contributed by atoms with van der Waals surface area (Å²) in [5, 5.41) is 10.2. The molecule has 2 nitrogen and oxygen atoms in total. The molecule has 0 rings (SSSR count).